The van der Waals surface area contributed by atoms with Gasteiger partial charge in [0, 0.05) is 18.0 Å². The van der Waals surface area contributed by atoms with E-state index in [2.05, 4.69) is 9.97 Å². The summed E-state index contributed by atoms with van der Waals surface area (Å²) in [7, 11) is 0. The van der Waals surface area contributed by atoms with E-state index in [9.17, 15) is 10.2 Å². The second-order valence-corrected chi connectivity index (χ2v) is 3.47. The van der Waals surface area contributed by atoms with Crippen LogP contribution in [0.25, 0.3) is 0 Å². The minimum absolute atomic E-state index is 0.499. The van der Waals surface area contributed by atoms with Crippen molar-refractivity contribution >= 4 is 0 Å². The Morgan fingerprint density at radius 2 is 1.38 bits per heavy atom. The maximum absolute atomic E-state index is 9.94. The average Bonchev–Trinajstić information content (AvgIpc) is 2.39. The highest BCUT2D eigenvalue weighted by molar-refractivity contribution is 5.21. The van der Waals surface area contributed by atoms with E-state index in [-0.39, 0.29) is 0 Å². The molecule has 2 unspecified atom stereocenters. The van der Waals surface area contributed by atoms with Crippen LogP contribution in [0.2, 0.25) is 0 Å². The Morgan fingerprint density at radius 3 is 2.00 bits per heavy atom. The molecular weight excluding hydrogens is 204 g/mol. The molecule has 4 nitrogen and oxygen atoms in total. The molecule has 1 aromatic carbocycles. The summed E-state index contributed by atoms with van der Waals surface area (Å²) in [5.74, 6) is 0. The number of aromatic nitrogens is 2. The number of hydrogen-bond acceptors (Lipinski definition) is 4. The predicted molar refractivity (Wildman–Crippen MR) is 58.4 cm³/mol. The van der Waals surface area contributed by atoms with Crippen LogP contribution in [-0.2, 0) is 0 Å². The molecular formula is C12H12N2O2. The first-order valence-corrected chi connectivity index (χ1v) is 4.95. The van der Waals surface area contributed by atoms with Gasteiger partial charge in [-0.1, -0.05) is 30.3 Å². The number of hydrogen-bond donors (Lipinski definition) is 2. The van der Waals surface area contributed by atoms with Gasteiger partial charge < -0.3 is 10.2 Å². The number of aliphatic hydroxyl groups excluding tert-OH is 2. The molecule has 82 valence electrons. The molecule has 0 radical (unpaired) electrons. The van der Waals surface area contributed by atoms with Gasteiger partial charge in [0.1, 0.15) is 18.5 Å². The van der Waals surface area contributed by atoms with E-state index in [0.717, 1.165) is 0 Å². The fourth-order valence-corrected chi connectivity index (χ4v) is 1.48. The lowest BCUT2D eigenvalue weighted by Gasteiger charge is -2.17. The summed E-state index contributed by atoms with van der Waals surface area (Å²) < 4.78 is 0. The van der Waals surface area contributed by atoms with Gasteiger partial charge in [-0.15, -0.1) is 0 Å². The van der Waals surface area contributed by atoms with Gasteiger partial charge in [0.2, 0.25) is 0 Å². The predicted octanol–water partition coefficient (Wildman–Crippen LogP) is 1.24. The second-order valence-electron chi connectivity index (χ2n) is 3.47. The van der Waals surface area contributed by atoms with E-state index < -0.39 is 12.2 Å². The quantitative estimate of drug-likeness (QED) is 0.810. The maximum Gasteiger partial charge on any atom is 0.115 e. The largest absolute Gasteiger partial charge is 0.385 e. The van der Waals surface area contributed by atoms with Crippen molar-refractivity contribution in [2.75, 3.05) is 0 Å². The van der Waals surface area contributed by atoms with Gasteiger partial charge in [-0.2, -0.15) is 0 Å². The molecule has 0 bridgehead atoms. The molecule has 2 rings (SSSR count). The lowest BCUT2D eigenvalue weighted by Crippen LogP contribution is -2.10. The number of benzene rings is 1. The number of nitrogens with zero attached hydrogens (tertiary/aromatic N) is 2. The van der Waals surface area contributed by atoms with Gasteiger partial charge in [0.15, 0.2) is 0 Å². The molecule has 2 N–H and O–H groups in total. The summed E-state index contributed by atoms with van der Waals surface area (Å²) in [6.07, 6.45) is 2.38. The summed E-state index contributed by atoms with van der Waals surface area (Å²) >= 11 is 0. The fraction of sp³-hybridized carbons (Fsp3) is 0.167. The van der Waals surface area contributed by atoms with E-state index in [1.165, 1.54) is 18.7 Å². The zero-order valence-electron chi connectivity index (χ0n) is 8.56. The summed E-state index contributed by atoms with van der Waals surface area (Å²) in [6, 6.07) is 9.00. The van der Waals surface area contributed by atoms with Crippen molar-refractivity contribution in [3.8, 4) is 0 Å². The second kappa shape index (κ2) is 4.83. The molecule has 0 aliphatic rings. The maximum atomic E-state index is 9.94. The van der Waals surface area contributed by atoms with Crippen LogP contribution in [0.15, 0.2) is 49.1 Å². The normalized spacial score (nSPS) is 14.4. The van der Waals surface area contributed by atoms with Crippen LogP contribution in [0.5, 0.6) is 0 Å². The zero-order chi connectivity index (χ0) is 11.4. The Labute approximate surface area is 93.2 Å². The highest BCUT2D eigenvalue weighted by atomic mass is 16.3. The highest BCUT2D eigenvalue weighted by Crippen LogP contribution is 2.27. The molecule has 0 spiro atoms. The van der Waals surface area contributed by atoms with Crippen molar-refractivity contribution < 1.29 is 10.2 Å². The molecule has 1 heterocycles. The Balaban J connectivity index is 2.20. The zero-order valence-corrected chi connectivity index (χ0v) is 8.56. The Hall–Kier alpha value is -1.78. The standard InChI is InChI=1S/C12H12N2O2/c15-11(9-4-2-1-3-5-9)12(16)10-6-13-8-14-7-10/h1-8,11-12,15-16H. The summed E-state index contributed by atoms with van der Waals surface area (Å²) in [5, 5.41) is 19.8. The first kappa shape index (κ1) is 10.7. The third-order valence-corrected chi connectivity index (χ3v) is 2.36. The third kappa shape index (κ3) is 2.24. The van der Waals surface area contributed by atoms with Crippen molar-refractivity contribution in [3.05, 3.63) is 60.2 Å². The first-order valence-electron chi connectivity index (χ1n) is 4.95. The van der Waals surface area contributed by atoms with E-state index in [1.54, 1.807) is 12.1 Å². The number of aliphatic hydroxyl groups is 2. The van der Waals surface area contributed by atoms with Crippen LogP contribution >= 0.6 is 0 Å². The molecule has 2 aromatic rings. The topological polar surface area (TPSA) is 66.2 Å². The van der Waals surface area contributed by atoms with Crippen molar-refractivity contribution in [3.63, 3.8) is 0 Å². The van der Waals surface area contributed by atoms with Gasteiger partial charge in [-0.05, 0) is 5.56 Å². The van der Waals surface area contributed by atoms with Crippen LogP contribution in [0.3, 0.4) is 0 Å². The number of rotatable bonds is 3. The van der Waals surface area contributed by atoms with Crippen LogP contribution in [0, 0.1) is 0 Å². The van der Waals surface area contributed by atoms with Gasteiger partial charge in [0.25, 0.3) is 0 Å². The molecule has 4 heteroatoms. The monoisotopic (exact) mass is 216 g/mol. The average molecular weight is 216 g/mol. The van der Waals surface area contributed by atoms with Gasteiger partial charge >= 0.3 is 0 Å². The molecule has 2 atom stereocenters. The van der Waals surface area contributed by atoms with E-state index in [4.69, 9.17) is 0 Å². The van der Waals surface area contributed by atoms with Gasteiger partial charge in [-0.3, -0.25) is 0 Å². The van der Waals surface area contributed by atoms with Gasteiger partial charge in [0.05, 0.1) is 0 Å². The highest BCUT2D eigenvalue weighted by Gasteiger charge is 2.20. The van der Waals surface area contributed by atoms with Crippen LogP contribution in [0.1, 0.15) is 23.3 Å². The lowest BCUT2D eigenvalue weighted by atomic mass is 10.0. The SMILES string of the molecule is OC(c1ccccc1)C(O)c1cncnc1. The minimum Gasteiger partial charge on any atom is -0.385 e. The summed E-state index contributed by atoms with van der Waals surface area (Å²) in [5.41, 5.74) is 1.16. The first-order chi connectivity index (χ1) is 7.79. The van der Waals surface area contributed by atoms with Crippen molar-refractivity contribution in [1.29, 1.82) is 0 Å². The lowest BCUT2D eigenvalue weighted by molar-refractivity contribution is 0.0168. The van der Waals surface area contributed by atoms with E-state index in [1.807, 2.05) is 18.2 Å². The molecule has 0 aliphatic heterocycles. The Bertz CT molecular complexity index is 390. The molecule has 0 saturated heterocycles. The molecule has 16 heavy (non-hydrogen) atoms. The van der Waals surface area contributed by atoms with E-state index >= 15 is 0 Å². The van der Waals surface area contributed by atoms with Crippen molar-refractivity contribution in [1.82, 2.24) is 9.97 Å². The summed E-state index contributed by atoms with van der Waals surface area (Å²) in [6.45, 7) is 0. The van der Waals surface area contributed by atoms with E-state index in [0.29, 0.717) is 11.1 Å². The molecule has 1 aromatic heterocycles. The smallest absolute Gasteiger partial charge is 0.115 e. The van der Waals surface area contributed by atoms with Crippen molar-refractivity contribution in [2.24, 2.45) is 0 Å². The Kier molecular flexibility index (Phi) is 3.24. The van der Waals surface area contributed by atoms with Crippen LogP contribution < -0.4 is 0 Å². The Morgan fingerprint density at radius 1 is 0.812 bits per heavy atom. The third-order valence-electron chi connectivity index (χ3n) is 2.36. The molecule has 0 fully saturated rings. The van der Waals surface area contributed by atoms with Crippen LogP contribution in [-0.4, -0.2) is 20.2 Å². The van der Waals surface area contributed by atoms with Gasteiger partial charge in [-0.25, -0.2) is 9.97 Å². The van der Waals surface area contributed by atoms with Crippen LogP contribution in [0.4, 0.5) is 0 Å². The molecule has 0 saturated carbocycles. The molecule has 0 aliphatic carbocycles. The fourth-order valence-electron chi connectivity index (χ4n) is 1.48. The summed E-state index contributed by atoms with van der Waals surface area (Å²) in [4.78, 5) is 7.60. The van der Waals surface area contributed by atoms with Crippen molar-refractivity contribution in [2.45, 2.75) is 12.2 Å². The minimum atomic E-state index is -1.01. The molecule has 0 amide bonds.